The molecule has 0 amide bonds. The lowest BCUT2D eigenvalue weighted by atomic mass is 10.3. The number of aryl methyl sites for hydroxylation is 1. The largest absolute Gasteiger partial charge is 0.349 e. The number of aromatic nitrogens is 2. The zero-order chi connectivity index (χ0) is 7.94. The first-order chi connectivity index (χ1) is 5.43. The van der Waals surface area contributed by atoms with Gasteiger partial charge in [0.25, 0.3) is 0 Å². The molecule has 1 rings (SSSR count). The Hall–Kier alpha value is -0.990. The second-order valence-electron chi connectivity index (χ2n) is 2.11. The van der Waals surface area contributed by atoms with Crippen molar-refractivity contribution in [1.29, 1.82) is 0 Å². The van der Waals surface area contributed by atoms with Crippen LogP contribution in [0, 0.1) is 0 Å². The lowest BCUT2D eigenvalue weighted by Crippen LogP contribution is -1.89. The summed E-state index contributed by atoms with van der Waals surface area (Å²) in [6.45, 7) is 0.740. The monoisotopic (exact) mass is 167 g/mol. The van der Waals surface area contributed by atoms with Crippen LogP contribution in [0.3, 0.4) is 0 Å². The summed E-state index contributed by atoms with van der Waals surface area (Å²) in [6, 6.07) is 0. The highest BCUT2D eigenvalue weighted by molar-refractivity contribution is 7.78. The number of aliphatic imine (C=N–C) groups is 1. The number of rotatable bonds is 4. The summed E-state index contributed by atoms with van der Waals surface area (Å²) < 4.78 is 0. The maximum Gasteiger partial charge on any atom is 0.106 e. The Kier molecular flexibility index (Phi) is 3.52. The van der Waals surface area contributed by atoms with Crippen LogP contribution in [0.15, 0.2) is 17.4 Å². The van der Waals surface area contributed by atoms with Gasteiger partial charge in [-0.15, -0.1) is 0 Å². The van der Waals surface area contributed by atoms with Crippen molar-refractivity contribution >= 4 is 17.4 Å². The van der Waals surface area contributed by atoms with Crippen molar-refractivity contribution in [2.24, 2.45) is 4.99 Å². The van der Waals surface area contributed by atoms with Crippen LogP contribution in [0.4, 0.5) is 0 Å². The average Bonchev–Trinajstić information content (AvgIpc) is 2.50. The zero-order valence-corrected chi connectivity index (χ0v) is 6.90. The number of hydrogen-bond donors (Lipinski definition) is 1. The van der Waals surface area contributed by atoms with Crippen LogP contribution in [0.5, 0.6) is 0 Å². The maximum atomic E-state index is 4.43. The maximum absolute atomic E-state index is 4.43. The quantitative estimate of drug-likeness (QED) is 0.419. The van der Waals surface area contributed by atoms with Crippen LogP contribution in [-0.2, 0) is 6.42 Å². The molecule has 0 aliphatic heterocycles. The molecule has 1 heterocycles. The van der Waals surface area contributed by atoms with Crippen LogP contribution in [0.1, 0.15) is 12.2 Å². The summed E-state index contributed by atoms with van der Waals surface area (Å²) >= 11 is 4.43. The summed E-state index contributed by atoms with van der Waals surface area (Å²) in [5.74, 6) is 1.00. The lowest BCUT2D eigenvalue weighted by molar-refractivity contribution is 0.797. The molecule has 0 aliphatic rings. The Bertz CT molecular complexity index is 236. The molecule has 0 aromatic carbocycles. The van der Waals surface area contributed by atoms with E-state index < -0.39 is 0 Å². The SMILES string of the molecule is S=C=NCCCc1ncc[nH]1. The molecule has 0 fully saturated rings. The molecule has 11 heavy (non-hydrogen) atoms. The molecule has 0 saturated carbocycles. The minimum atomic E-state index is 0.740. The van der Waals surface area contributed by atoms with Crippen LogP contribution >= 0.6 is 12.2 Å². The molecule has 0 unspecified atom stereocenters. The van der Waals surface area contributed by atoms with Gasteiger partial charge in [-0.1, -0.05) is 0 Å². The van der Waals surface area contributed by atoms with E-state index in [1.54, 1.807) is 6.20 Å². The van der Waals surface area contributed by atoms with Crippen molar-refractivity contribution in [3.63, 3.8) is 0 Å². The number of H-pyrrole nitrogens is 1. The van der Waals surface area contributed by atoms with E-state index in [9.17, 15) is 0 Å². The molecule has 0 radical (unpaired) electrons. The van der Waals surface area contributed by atoms with Crippen LogP contribution < -0.4 is 0 Å². The third kappa shape index (κ3) is 3.07. The molecule has 1 aromatic heterocycles. The molecule has 1 N–H and O–H groups in total. The Labute approximate surface area is 70.6 Å². The van der Waals surface area contributed by atoms with Gasteiger partial charge in [0.1, 0.15) is 5.82 Å². The number of isothiocyanates is 1. The zero-order valence-electron chi connectivity index (χ0n) is 6.08. The van der Waals surface area contributed by atoms with Crippen molar-refractivity contribution in [2.45, 2.75) is 12.8 Å². The summed E-state index contributed by atoms with van der Waals surface area (Å²) in [6.07, 6.45) is 5.46. The van der Waals surface area contributed by atoms with Gasteiger partial charge < -0.3 is 4.98 Å². The predicted octanol–water partition coefficient (Wildman–Crippen LogP) is 1.45. The Morgan fingerprint density at radius 3 is 3.27 bits per heavy atom. The molecular weight excluding hydrogens is 158 g/mol. The molecule has 0 aliphatic carbocycles. The van der Waals surface area contributed by atoms with Crippen LogP contribution in [0.2, 0.25) is 0 Å². The second-order valence-corrected chi connectivity index (χ2v) is 2.30. The minimum absolute atomic E-state index is 0.740. The Balaban J connectivity index is 2.18. The van der Waals surface area contributed by atoms with Crippen LogP contribution in [0.25, 0.3) is 0 Å². The fraction of sp³-hybridized carbons (Fsp3) is 0.429. The molecule has 3 nitrogen and oxygen atoms in total. The fourth-order valence-electron chi connectivity index (χ4n) is 0.806. The highest BCUT2D eigenvalue weighted by Crippen LogP contribution is 1.93. The van der Waals surface area contributed by atoms with E-state index in [4.69, 9.17) is 0 Å². The summed E-state index contributed by atoms with van der Waals surface area (Å²) in [4.78, 5) is 10.9. The number of imidazole rings is 1. The third-order valence-electron chi connectivity index (χ3n) is 1.30. The summed E-state index contributed by atoms with van der Waals surface area (Å²) in [5, 5.41) is 2.33. The topological polar surface area (TPSA) is 41.0 Å². The van der Waals surface area contributed by atoms with Gasteiger partial charge in [-0.05, 0) is 18.6 Å². The lowest BCUT2D eigenvalue weighted by Gasteiger charge is -1.90. The molecule has 0 saturated heterocycles. The molecule has 0 atom stereocenters. The summed E-state index contributed by atoms with van der Waals surface area (Å²) in [7, 11) is 0. The van der Waals surface area contributed by atoms with E-state index in [1.807, 2.05) is 6.20 Å². The predicted molar refractivity (Wildman–Crippen MR) is 46.8 cm³/mol. The molecular formula is C7H9N3S. The average molecular weight is 167 g/mol. The van der Waals surface area contributed by atoms with E-state index >= 15 is 0 Å². The normalized spacial score (nSPS) is 9.09. The molecule has 1 aromatic rings. The Morgan fingerprint density at radius 2 is 2.64 bits per heavy atom. The van der Waals surface area contributed by atoms with Gasteiger partial charge in [0.2, 0.25) is 0 Å². The van der Waals surface area contributed by atoms with Gasteiger partial charge in [-0.2, -0.15) is 0 Å². The van der Waals surface area contributed by atoms with Gasteiger partial charge in [0.15, 0.2) is 0 Å². The smallest absolute Gasteiger partial charge is 0.106 e. The van der Waals surface area contributed by atoms with Crippen molar-refractivity contribution in [2.75, 3.05) is 6.54 Å². The van der Waals surface area contributed by atoms with Gasteiger partial charge >= 0.3 is 0 Å². The molecule has 0 spiro atoms. The van der Waals surface area contributed by atoms with E-state index in [1.165, 1.54) is 0 Å². The first-order valence-electron chi connectivity index (χ1n) is 3.45. The van der Waals surface area contributed by atoms with Crippen molar-refractivity contribution in [3.05, 3.63) is 18.2 Å². The number of thiocarbonyl (C=S) groups is 1. The van der Waals surface area contributed by atoms with Crippen LogP contribution in [-0.4, -0.2) is 21.7 Å². The number of hydrogen-bond acceptors (Lipinski definition) is 3. The fourth-order valence-corrected chi connectivity index (χ4v) is 0.897. The first-order valence-corrected chi connectivity index (χ1v) is 3.86. The number of aromatic amines is 1. The third-order valence-corrected chi connectivity index (χ3v) is 1.43. The molecule has 4 heteroatoms. The van der Waals surface area contributed by atoms with Gasteiger partial charge in [-0.3, -0.25) is 0 Å². The van der Waals surface area contributed by atoms with E-state index in [0.29, 0.717) is 0 Å². The first kappa shape index (κ1) is 8.11. The van der Waals surface area contributed by atoms with Gasteiger partial charge in [0, 0.05) is 25.4 Å². The summed E-state index contributed by atoms with van der Waals surface area (Å²) in [5.41, 5.74) is 0. The van der Waals surface area contributed by atoms with Gasteiger partial charge in [-0.25, -0.2) is 9.98 Å². The Morgan fingerprint density at radius 1 is 1.73 bits per heavy atom. The van der Waals surface area contributed by atoms with E-state index in [2.05, 4.69) is 32.3 Å². The van der Waals surface area contributed by atoms with Crippen molar-refractivity contribution in [1.82, 2.24) is 9.97 Å². The molecule has 58 valence electrons. The van der Waals surface area contributed by atoms with E-state index in [0.717, 1.165) is 25.2 Å². The highest BCUT2D eigenvalue weighted by Gasteiger charge is 1.91. The number of nitrogens with one attached hydrogen (secondary N) is 1. The second kappa shape index (κ2) is 4.77. The van der Waals surface area contributed by atoms with Crippen molar-refractivity contribution in [3.8, 4) is 0 Å². The van der Waals surface area contributed by atoms with Crippen molar-refractivity contribution < 1.29 is 0 Å². The highest BCUT2D eigenvalue weighted by atomic mass is 32.1. The minimum Gasteiger partial charge on any atom is -0.349 e. The number of nitrogens with zero attached hydrogens (tertiary/aromatic N) is 2. The van der Waals surface area contributed by atoms with E-state index in [-0.39, 0.29) is 0 Å². The van der Waals surface area contributed by atoms with Gasteiger partial charge in [0.05, 0.1) is 5.16 Å². The molecule has 0 bridgehead atoms. The standard InChI is InChI=1S/C7H9N3S/c11-6-8-3-1-2-7-9-4-5-10-7/h4-5H,1-3H2,(H,9,10).